The molecule has 1 fully saturated rings. The molecule has 3 heteroatoms. The van der Waals surface area contributed by atoms with Gasteiger partial charge in [0.05, 0.1) is 4.88 Å². The van der Waals surface area contributed by atoms with Gasteiger partial charge in [-0.15, -0.1) is 11.3 Å². The fourth-order valence-corrected chi connectivity index (χ4v) is 6.28. The Labute approximate surface area is 207 Å². The number of rotatable bonds is 9. The second-order valence-corrected chi connectivity index (χ2v) is 10.8. The maximum Gasteiger partial charge on any atom is 0.203 e. The lowest BCUT2D eigenvalue weighted by Crippen LogP contribution is -2.21. The Morgan fingerprint density at radius 2 is 1.65 bits per heavy atom. The second-order valence-electron chi connectivity index (χ2n) is 9.75. The molecule has 1 aliphatic heterocycles. The number of likely N-dealkylation sites (tertiary alicyclic amines) is 1. The molecular formula is C31H33NOS. The maximum absolute atomic E-state index is 13.3. The zero-order chi connectivity index (χ0) is 23.3. The van der Waals surface area contributed by atoms with Crippen LogP contribution in [0.15, 0.2) is 78.9 Å². The highest BCUT2D eigenvalue weighted by molar-refractivity contribution is 7.21. The molecule has 3 aromatic carbocycles. The molecule has 1 aliphatic rings. The fourth-order valence-electron chi connectivity index (χ4n) is 5.10. The van der Waals surface area contributed by atoms with Gasteiger partial charge in [-0.1, -0.05) is 79.7 Å². The lowest BCUT2D eigenvalue weighted by atomic mass is 9.97. The van der Waals surface area contributed by atoms with Crippen molar-refractivity contribution in [3.05, 3.63) is 106 Å². The number of hydrogen-bond acceptors (Lipinski definition) is 3. The van der Waals surface area contributed by atoms with E-state index >= 15 is 0 Å². The highest BCUT2D eigenvalue weighted by Crippen LogP contribution is 2.34. The van der Waals surface area contributed by atoms with Crippen molar-refractivity contribution in [3.8, 4) is 0 Å². The molecular weight excluding hydrogens is 434 g/mol. The molecule has 4 aromatic rings. The van der Waals surface area contributed by atoms with E-state index in [1.165, 1.54) is 60.1 Å². The molecule has 1 unspecified atom stereocenters. The van der Waals surface area contributed by atoms with Crippen molar-refractivity contribution in [1.29, 1.82) is 0 Å². The Morgan fingerprint density at radius 3 is 2.41 bits per heavy atom. The summed E-state index contributed by atoms with van der Waals surface area (Å²) in [5.41, 5.74) is 4.59. The Hall–Kier alpha value is -2.75. The maximum atomic E-state index is 13.3. The second kappa shape index (κ2) is 10.7. The molecule has 1 aromatic heterocycles. The number of carbonyl (C=O) groups is 1. The van der Waals surface area contributed by atoms with Gasteiger partial charge in [-0.3, -0.25) is 4.79 Å². The first-order valence-electron chi connectivity index (χ1n) is 12.6. The Kier molecular flexibility index (Phi) is 7.22. The minimum atomic E-state index is 0.126. The van der Waals surface area contributed by atoms with Gasteiger partial charge >= 0.3 is 0 Å². The van der Waals surface area contributed by atoms with E-state index in [4.69, 9.17) is 0 Å². The van der Waals surface area contributed by atoms with E-state index < -0.39 is 0 Å². The van der Waals surface area contributed by atoms with E-state index in [2.05, 4.69) is 60.4 Å². The number of thiophene rings is 1. The fraction of sp³-hybridized carbons (Fsp3) is 0.323. The van der Waals surface area contributed by atoms with Crippen LogP contribution >= 0.6 is 11.3 Å². The number of nitrogens with zero attached hydrogens (tertiary/aromatic N) is 1. The molecule has 0 amide bonds. The predicted octanol–water partition coefficient (Wildman–Crippen LogP) is 7.39. The summed E-state index contributed by atoms with van der Waals surface area (Å²) in [7, 11) is 0. The molecule has 2 nitrogen and oxygen atoms in total. The standard InChI is InChI=1S/C31H33NOS/c1-23-18-20-32(22-23)19-8-7-9-24-14-16-25(17-15-24)21-28-27-12-5-6-13-29(27)34-31(28)30(33)26-10-3-2-4-11-26/h2-6,10-17,23H,7-9,18-22H2,1H3. The van der Waals surface area contributed by atoms with E-state index in [1.54, 1.807) is 11.3 Å². The van der Waals surface area contributed by atoms with Crippen molar-refractivity contribution < 1.29 is 4.79 Å². The number of hydrogen-bond donors (Lipinski definition) is 0. The highest BCUT2D eigenvalue weighted by atomic mass is 32.1. The third kappa shape index (κ3) is 5.32. The smallest absolute Gasteiger partial charge is 0.203 e. The van der Waals surface area contributed by atoms with Crippen LogP contribution in [0.2, 0.25) is 0 Å². The topological polar surface area (TPSA) is 20.3 Å². The molecule has 0 radical (unpaired) electrons. The molecule has 0 saturated carbocycles. The third-order valence-electron chi connectivity index (χ3n) is 7.04. The molecule has 5 rings (SSSR count). The highest BCUT2D eigenvalue weighted by Gasteiger charge is 2.20. The number of benzene rings is 3. The van der Waals surface area contributed by atoms with Gasteiger partial charge in [0.2, 0.25) is 5.78 Å². The Bertz CT molecular complexity index is 1240. The van der Waals surface area contributed by atoms with Gasteiger partial charge in [0.25, 0.3) is 0 Å². The normalized spacial score (nSPS) is 16.3. The predicted molar refractivity (Wildman–Crippen MR) is 144 cm³/mol. The lowest BCUT2D eigenvalue weighted by Gasteiger charge is -2.14. The molecule has 0 N–H and O–H groups in total. The zero-order valence-corrected chi connectivity index (χ0v) is 20.8. The summed E-state index contributed by atoms with van der Waals surface area (Å²) >= 11 is 1.62. The summed E-state index contributed by atoms with van der Waals surface area (Å²) in [5.74, 6) is 0.997. The van der Waals surface area contributed by atoms with Crippen LogP contribution < -0.4 is 0 Å². The van der Waals surface area contributed by atoms with Crippen LogP contribution in [-0.2, 0) is 12.8 Å². The van der Waals surface area contributed by atoms with Gasteiger partial charge < -0.3 is 4.90 Å². The number of aryl methyl sites for hydroxylation is 1. The van der Waals surface area contributed by atoms with Crippen molar-refractivity contribution in [2.75, 3.05) is 19.6 Å². The van der Waals surface area contributed by atoms with Gasteiger partial charge in [-0.05, 0) is 79.3 Å². The first-order valence-corrected chi connectivity index (χ1v) is 13.4. The average molecular weight is 468 g/mol. The summed E-state index contributed by atoms with van der Waals surface area (Å²) in [4.78, 5) is 16.8. The van der Waals surface area contributed by atoms with Crippen LogP contribution in [0.25, 0.3) is 10.1 Å². The summed E-state index contributed by atoms with van der Waals surface area (Å²) in [6.45, 7) is 6.16. The molecule has 0 spiro atoms. The van der Waals surface area contributed by atoms with Gasteiger partial charge in [0.1, 0.15) is 0 Å². The average Bonchev–Trinajstić information content (AvgIpc) is 3.46. The molecule has 34 heavy (non-hydrogen) atoms. The first kappa shape index (κ1) is 23.0. The summed E-state index contributed by atoms with van der Waals surface area (Å²) in [6, 6.07) is 27.1. The molecule has 0 aliphatic carbocycles. The van der Waals surface area contributed by atoms with Crippen molar-refractivity contribution in [2.24, 2.45) is 5.92 Å². The van der Waals surface area contributed by atoms with E-state index in [-0.39, 0.29) is 5.78 Å². The van der Waals surface area contributed by atoms with E-state index in [0.29, 0.717) is 0 Å². The quantitative estimate of drug-likeness (QED) is 0.189. The number of ketones is 1. The number of carbonyl (C=O) groups excluding carboxylic acids is 1. The van der Waals surface area contributed by atoms with E-state index in [1.807, 2.05) is 30.3 Å². The van der Waals surface area contributed by atoms with Crippen molar-refractivity contribution >= 4 is 27.2 Å². The van der Waals surface area contributed by atoms with Crippen LogP contribution in [0.5, 0.6) is 0 Å². The minimum absolute atomic E-state index is 0.126. The minimum Gasteiger partial charge on any atom is -0.303 e. The van der Waals surface area contributed by atoms with Crippen molar-refractivity contribution in [3.63, 3.8) is 0 Å². The SMILES string of the molecule is CC1CCN(CCCCc2ccc(Cc3c(C(=O)c4ccccc4)sc4ccccc34)cc2)C1. The summed E-state index contributed by atoms with van der Waals surface area (Å²) in [5, 5.41) is 1.20. The summed E-state index contributed by atoms with van der Waals surface area (Å²) in [6.07, 6.45) is 5.81. The zero-order valence-electron chi connectivity index (χ0n) is 20.0. The van der Waals surface area contributed by atoms with E-state index in [0.717, 1.165) is 34.8 Å². The van der Waals surface area contributed by atoms with Crippen LogP contribution in [0.1, 0.15) is 58.1 Å². The molecule has 2 heterocycles. The first-order chi connectivity index (χ1) is 16.7. The third-order valence-corrected chi connectivity index (χ3v) is 8.25. The molecule has 1 saturated heterocycles. The van der Waals surface area contributed by atoms with Gasteiger partial charge in [0.15, 0.2) is 0 Å². The van der Waals surface area contributed by atoms with Crippen LogP contribution in [0.4, 0.5) is 0 Å². The lowest BCUT2D eigenvalue weighted by molar-refractivity contribution is 0.104. The van der Waals surface area contributed by atoms with Gasteiger partial charge in [0, 0.05) is 16.8 Å². The van der Waals surface area contributed by atoms with Crippen LogP contribution in [0, 0.1) is 5.92 Å². The van der Waals surface area contributed by atoms with E-state index in [9.17, 15) is 4.79 Å². The number of unbranched alkanes of at least 4 members (excludes halogenated alkanes) is 1. The molecule has 174 valence electrons. The largest absolute Gasteiger partial charge is 0.303 e. The van der Waals surface area contributed by atoms with Gasteiger partial charge in [-0.25, -0.2) is 0 Å². The number of fused-ring (bicyclic) bond motifs is 1. The Morgan fingerprint density at radius 1 is 0.912 bits per heavy atom. The van der Waals surface area contributed by atoms with Crippen LogP contribution in [-0.4, -0.2) is 30.3 Å². The molecule has 0 bridgehead atoms. The van der Waals surface area contributed by atoms with Crippen molar-refractivity contribution in [2.45, 2.75) is 39.0 Å². The van der Waals surface area contributed by atoms with Crippen LogP contribution in [0.3, 0.4) is 0 Å². The molecule has 1 atom stereocenters. The van der Waals surface area contributed by atoms with Crippen molar-refractivity contribution in [1.82, 2.24) is 4.90 Å². The Balaban J connectivity index is 1.27. The van der Waals surface area contributed by atoms with Gasteiger partial charge in [-0.2, -0.15) is 0 Å². The summed E-state index contributed by atoms with van der Waals surface area (Å²) < 4.78 is 1.18. The monoisotopic (exact) mass is 467 g/mol.